The van der Waals surface area contributed by atoms with Crippen molar-refractivity contribution in [3.8, 4) is 0 Å². The zero-order valence-electron chi connectivity index (χ0n) is 11.5. The summed E-state index contributed by atoms with van der Waals surface area (Å²) < 4.78 is 0. The first kappa shape index (κ1) is 14.4. The second-order valence-corrected chi connectivity index (χ2v) is 5.14. The third-order valence-electron chi connectivity index (χ3n) is 3.13. The number of benzene rings is 1. The Labute approximate surface area is 122 Å². The van der Waals surface area contributed by atoms with Gasteiger partial charge in [-0.15, -0.1) is 0 Å². The van der Waals surface area contributed by atoms with Gasteiger partial charge in [0.15, 0.2) is 5.78 Å². The third-order valence-corrected chi connectivity index (χ3v) is 3.60. The number of allylic oxidation sites excluding steroid dienone is 4. The summed E-state index contributed by atoms with van der Waals surface area (Å²) >= 11 is 5.92. The van der Waals surface area contributed by atoms with Gasteiger partial charge in [-0.3, -0.25) is 9.59 Å². The zero-order valence-corrected chi connectivity index (χ0v) is 12.3. The normalized spacial score (nSPS) is 17.5. The number of nitrogens with zero attached hydrogens (tertiary/aromatic N) is 1. The van der Waals surface area contributed by atoms with Gasteiger partial charge in [0.2, 0.25) is 0 Å². The van der Waals surface area contributed by atoms with Crippen molar-refractivity contribution < 1.29 is 9.59 Å². The first-order valence-electron chi connectivity index (χ1n) is 6.19. The van der Waals surface area contributed by atoms with Gasteiger partial charge < -0.3 is 0 Å². The van der Waals surface area contributed by atoms with E-state index in [-0.39, 0.29) is 16.7 Å². The van der Waals surface area contributed by atoms with Gasteiger partial charge in [-0.05, 0) is 50.1 Å². The molecule has 102 valence electrons. The fourth-order valence-electron chi connectivity index (χ4n) is 1.95. The Hall–Kier alpha value is -2.00. The number of rotatable bonds is 1. The van der Waals surface area contributed by atoms with Gasteiger partial charge in [0.05, 0.1) is 10.7 Å². The molecule has 0 aromatic heterocycles. The van der Waals surface area contributed by atoms with Crippen LogP contribution in [-0.4, -0.2) is 17.4 Å². The summed E-state index contributed by atoms with van der Waals surface area (Å²) in [7, 11) is 0. The minimum absolute atomic E-state index is 0.117. The lowest BCUT2D eigenvalue weighted by Crippen LogP contribution is -2.16. The van der Waals surface area contributed by atoms with E-state index in [1.54, 1.807) is 26.0 Å². The van der Waals surface area contributed by atoms with Crippen LogP contribution in [0.2, 0.25) is 0 Å². The smallest absolute Gasteiger partial charge is 0.277 e. The van der Waals surface area contributed by atoms with Crippen molar-refractivity contribution >= 4 is 29.0 Å². The molecule has 0 unspecified atom stereocenters. The molecule has 1 aliphatic carbocycles. The minimum atomic E-state index is -0.342. The maximum absolute atomic E-state index is 12.1. The number of hydrogen-bond acceptors (Lipinski definition) is 2. The lowest BCUT2D eigenvalue weighted by molar-refractivity contribution is -0.110. The van der Waals surface area contributed by atoms with E-state index in [0.29, 0.717) is 22.4 Å². The lowest BCUT2D eigenvalue weighted by atomic mass is 9.97. The number of aliphatic imine (C=N–C) groups is 1. The van der Waals surface area contributed by atoms with E-state index in [1.807, 2.05) is 19.1 Å². The molecule has 0 atom stereocenters. The molecule has 0 N–H and O–H groups in total. The second-order valence-electron chi connectivity index (χ2n) is 4.76. The molecular formula is C16H14ClNO2. The van der Waals surface area contributed by atoms with Crippen molar-refractivity contribution in [3.63, 3.8) is 0 Å². The molecule has 0 heterocycles. The van der Waals surface area contributed by atoms with E-state index < -0.39 is 0 Å². The summed E-state index contributed by atoms with van der Waals surface area (Å²) in [6.07, 6.45) is 1.40. The summed E-state index contributed by atoms with van der Waals surface area (Å²) in [4.78, 5) is 27.8. The number of amides is 1. The van der Waals surface area contributed by atoms with Crippen LogP contribution in [-0.2, 0) is 4.79 Å². The molecule has 0 fully saturated rings. The summed E-state index contributed by atoms with van der Waals surface area (Å²) in [5.41, 5.74) is 3.25. The zero-order chi connectivity index (χ0) is 14.9. The topological polar surface area (TPSA) is 46.5 Å². The van der Waals surface area contributed by atoms with Gasteiger partial charge in [0.1, 0.15) is 0 Å². The molecule has 1 aromatic rings. The van der Waals surface area contributed by atoms with Crippen LogP contribution < -0.4 is 0 Å². The molecule has 2 rings (SSSR count). The molecule has 0 saturated carbocycles. The molecule has 0 bridgehead atoms. The van der Waals surface area contributed by atoms with Gasteiger partial charge in [0, 0.05) is 5.56 Å². The fraction of sp³-hybridized carbons (Fsp3) is 0.188. The van der Waals surface area contributed by atoms with Crippen molar-refractivity contribution in [3.05, 3.63) is 57.6 Å². The van der Waals surface area contributed by atoms with E-state index in [1.165, 1.54) is 6.08 Å². The van der Waals surface area contributed by atoms with Crippen molar-refractivity contribution in [2.75, 3.05) is 0 Å². The Morgan fingerprint density at radius 3 is 2.30 bits per heavy atom. The highest BCUT2D eigenvalue weighted by Crippen LogP contribution is 2.23. The van der Waals surface area contributed by atoms with Crippen LogP contribution in [0, 0.1) is 6.92 Å². The first-order chi connectivity index (χ1) is 9.40. The predicted molar refractivity (Wildman–Crippen MR) is 80.3 cm³/mol. The number of halogens is 1. The van der Waals surface area contributed by atoms with Crippen molar-refractivity contribution in [2.24, 2.45) is 4.99 Å². The highest BCUT2D eigenvalue weighted by molar-refractivity contribution is 6.49. The average molecular weight is 288 g/mol. The Morgan fingerprint density at radius 2 is 1.70 bits per heavy atom. The Morgan fingerprint density at radius 1 is 1.10 bits per heavy atom. The monoisotopic (exact) mass is 287 g/mol. The molecule has 0 radical (unpaired) electrons. The Kier molecular flexibility index (Phi) is 4.00. The molecule has 1 aromatic carbocycles. The maximum atomic E-state index is 12.1. The van der Waals surface area contributed by atoms with Crippen LogP contribution in [0.1, 0.15) is 29.8 Å². The van der Waals surface area contributed by atoms with Crippen molar-refractivity contribution in [2.45, 2.75) is 20.8 Å². The van der Waals surface area contributed by atoms with Gasteiger partial charge in [0.25, 0.3) is 5.91 Å². The number of aryl methyl sites for hydroxylation is 1. The molecule has 1 aliphatic rings. The highest BCUT2D eigenvalue weighted by Gasteiger charge is 2.21. The average Bonchev–Trinajstić information content (AvgIpc) is 2.42. The maximum Gasteiger partial charge on any atom is 0.277 e. The van der Waals surface area contributed by atoms with Gasteiger partial charge in [-0.25, -0.2) is 4.99 Å². The third kappa shape index (κ3) is 2.78. The molecule has 20 heavy (non-hydrogen) atoms. The number of hydrogen-bond donors (Lipinski definition) is 0. The predicted octanol–water partition coefficient (Wildman–Crippen LogP) is 3.62. The van der Waals surface area contributed by atoms with Crippen LogP contribution in [0.3, 0.4) is 0 Å². The van der Waals surface area contributed by atoms with E-state index in [0.717, 1.165) is 5.56 Å². The molecule has 3 nitrogen and oxygen atoms in total. The van der Waals surface area contributed by atoms with Crippen LogP contribution in [0.25, 0.3) is 0 Å². The van der Waals surface area contributed by atoms with Crippen molar-refractivity contribution in [1.29, 1.82) is 0 Å². The van der Waals surface area contributed by atoms with Gasteiger partial charge in [-0.1, -0.05) is 29.3 Å². The molecular weight excluding hydrogens is 274 g/mol. The second kappa shape index (κ2) is 5.55. The number of carbonyl (C=O) groups is 2. The molecule has 1 amide bonds. The largest absolute Gasteiger partial charge is 0.288 e. The first-order valence-corrected chi connectivity index (χ1v) is 6.57. The van der Waals surface area contributed by atoms with Crippen LogP contribution in [0.5, 0.6) is 0 Å². The standard InChI is InChI=1S/C16H14ClNO2/c1-9-4-6-12(7-5-9)16(20)18-15-10(2)8-13(19)14(17)11(15)3/h4-8H,1-3H3. The van der Waals surface area contributed by atoms with Gasteiger partial charge >= 0.3 is 0 Å². The van der Waals surface area contributed by atoms with Crippen LogP contribution in [0.4, 0.5) is 0 Å². The molecule has 0 saturated heterocycles. The SMILES string of the molecule is CC1=CC(=O)C(Cl)=C(C)C1=NC(=O)c1ccc(C)cc1. The summed E-state index contributed by atoms with van der Waals surface area (Å²) in [5, 5.41) is 0.117. The van der Waals surface area contributed by atoms with E-state index in [2.05, 4.69) is 4.99 Å². The number of carbonyl (C=O) groups excluding carboxylic acids is 2. The quantitative estimate of drug-likeness (QED) is 0.741. The Balaban J connectivity index is 2.40. The van der Waals surface area contributed by atoms with E-state index in [4.69, 9.17) is 11.6 Å². The van der Waals surface area contributed by atoms with Crippen LogP contribution in [0.15, 0.2) is 51.5 Å². The van der Waals surface area contributed by atoms with E-state index in [9.17, 15) is 9.59 Å². The Bertz CT molecular complexity index is 679. The van der Waals surface area contributed by atoms with Crippen LogP contribution >= 0.6 is 11.6 Å². The van der Waals surface area contributed by atoms with Gasteiger partial charge in [-0.2, -0.15) is 0 Å². The summed E-state index contributed by atoms with van der Waals surface area (Å²) in [5.74, 6) is -0.589. The fourth-order valence-corrected chi connectivity index (χ4v) is 2.09. The highest BCUT2D eigenvalue weighted by atomic mass is 35.5. The molecule has 4 heteroatoms. The molecule has 0 aliphatic heterocycles. The lowest BCUT2D eigenvalue weighted by Gasteiger charge is -2.13. The summed E-state index contributed by atoms with van der Waals surface area (Å²) in [6, 6.07) is 7.18. The summed E-state index contributed by atoms with van der Waals surface area (Å²) in [6.45, 7) is 5.39. The minimum Gasteiger partial charge on any atom is -0.288 e. The number of ketones is 1. The van der Waals surface area contributed by atoms with E-state index >= 15 is 0 Å². The van der Waals surface area contributed by atoms with Crippen molar-refractivity contribution in [1.82, 2.24) is 0 Å². The molecule has 0 spiro atoms.